The largest absolute Gasteiger partial charge is 0.354 e. The molecule has 0 saturated carbocycles. The molecule has 1 aromatic heterocycles. The molecule has 2 saturated heterocycles. The van der Waals surface area contributed by atoms with Crippen LogP contribution >= 0.6 is 0 Å². The highest BCUT2D eigenvalue weighted by Crippen LogP contribution is 2.30. The molecule has 29 heavy (non-hydrogen) atoms. The van der Waals surface area contributed by atoms with Crippen molar-refractivity contribution in [3.63, 3.8) is 0 Å². The van der Waals surface area contributed by atoms with Crippen LogP contribution in [-0.2, 0) is 22.7 Å². The lowest BCUT2D eigenvalue weighted by atomic mass is 10.0. The minimum Gasteiger partial charge on any atom is -0.354 e. The summed E-state index contributed by atoms with van der Waals surface area (Å²) in [5, 5.41) is 4.44. The summed E-state index contributed by atoms with van der Waals surface area (Å²) >= 11 is 0. The number of hydrogen-bond donors (Lipinski definition) is 1. The topological polar surface area (TPSA) is 74.8 Å². The number of carbonyl (C=O) groups is 2. The van der Waals surface area contributed by atoms with E-state index in [-0.39, 0.29) is 18.0 Å². The van der Waals surface area contributed by atoms with E-state index >= 15 is 0 Å². The number of urea groups is 1. The summed E-state index contributed by atoms with van der Waals surface area (Å²) < 4.78 is 0. The van der Waals surface area contributed by atoms with E-state index in [1.54, 1.807) is 11.1 Å². The Labute approximate surface area is 170 Å². The summed E-state index contributed by atoms with van der Waals surface area (Å²) in [6.07, 6.45) is 4.84. The number of aromatic nitrogens is 1. The van der Waals surface area contributed by atoms with Crippen molar-refractivity contribution in [3.05, 3.63) is 66.0 Å². The molecule has 1 aromatic carbocycles. The number of pyridine rings is 1. The zero-order valence-corrected chi connectivity index (χ0v) is 16.4. The standard InChI is InChI=1S/C22H26N4O3/c27-21(24-14-6-10-18-9-4-5-13-23-18)20-12-11-19-15-25(20)22(28)26(19)29-16-17-7-2-1-3-8-17/h1-5,7-9,13,19-20H,6,10-12,14-16H2,(H,24,27)/t19-,20+/m1/s1. The molecule has 4 rings (SSSR count). The second-order valence-corrected chi connectivity index (χ2v) is 7.48. The van der Waals surface area contributed by atoms with Crippen LogP contribution in [0, 0.1) is 0 Å². The molecule has 0 aliphatic carbocycles. The van der Waals surface area contributed by atoms with Crippen LogP contribution < -0.4 is 5.32 Å². The molecule has 3 amide bonds. The Kier molecular flexibility index (Phi) is 6.05. The number of amides is 3. The number of carbonyl (C=O) groups excluding carboxylic acids is 2. The number of nitrogens with zero attached hydrogens (tertiary/aromatic N) is 3. The van der Waals surface area contributed by atoms with Crippen molar-refractivity contribution >= 4 is 11.9 Å². The van der Waals surface area contributed by atoms with Crippen molar-refractivity contribution in [1.29, 1.82) is 0 Å². The molecule has 2 bridgehead atoms. The third-order valence-electron chi connectivity index (χ3n) is 5.47. The first kappa shape index (κ1) is 19.4. The summed E-state index contributed by atoms with van der Waals surface area (Å²) in [7, 11) is 0. The number of hydrogen-bond acceptors (Lipinski definition) is 4. The Morgan fingerprint density at radius 2 is 1.97 bits per heavy atom. The number of hydroxylamine groups is 2. The van der Waals surface area contributed by atoms with E-state index in [0.717, 1.165) is 30.5 Å². The Balaban J connectivity index is 1.26. The van der Waals surface area contributed by atoms with Gasteiger partial charge in [-0.15, -0.1) is 0 Å². The molecule has 2 fully saturated rings. The minimum absolute atomic E-state index is 0.0133. The number of nitrogens with one attached hydrogen (secondary N) is 1. The van der Waals surface area contributed by atoms with Gasteiger partial charge in [0.25, 0.3) is 0 Å². The van der Waals surface area contributed by atoms with Crippen LogP contribution in [0.3, 0.4) is 0 Å². The van der Waals surface area contributed by atoms with E-state index < -0.39 is 6.04 Å². The van der Waals surface area contributed by atoms with Gasteiger partial charge >= 0.3 is 6.03 Å². The van der Waals surface area contributed by atoms with E-state index in [1.165, 1.54) is 5.06 Å². The van der Waals surface area contributed by atoms with Gasteiger partial charge in [-0.3, -0.25) is 14.6 Å². The zero-order chi connectivity index (χ0) is 20.1. The summed E-state index contributed by atoms with van der Waals surface area (Å²) in [5.41, 5.74) is 2.03. The molecule has 2 aliphatic rings. The normalized spacial score (nSPS) is 20.8. The van der Waals surface area contributed by atoms with Gasteiger partial charge in [-0.25, -0.2) is 4.79 Å². The van der Waals surface area contributed by atoms with Crippen molar-refractivity contribution < 1.29 is 14.4 Å². The predicted molar refractivity (Wildman–Crippen MR) is 108 cm³/mol. The molecule has 2 aromatic rings. The molecule has 0 radical (unpaired) electrons. The van der Waals surface area contributed by atoms with Crippen molar-refractivity contribution in [3.8, 4) is 0 Å². The van der Waals surface area contributed by atoms with Gasteiger partial charge in [0, 0.05) is 25.0 Å². The highest BCUT2D eigenvalue weighted by molar-refractivity contribution is 5.88. The number of aryl methyl sites for hydroxylation is 1. The second-order valence-electron chi connectivity index (χ2n) is 7.48. The smallest absolute Gasteiger partial charge is 0.345 e. The number of fused-ring (bicyclic) bond motifs is 2. The molecule has 7 nitrogen and oxygen atoms in total. The third-order valence-corrected chi connectivity index (χ3v) is 5.47. The molecule has 7 heteroatoms. The van der Waals surface area contributed by atoms with Gasteiger partial charge in [-0.2, -0.15) is 5.06 Å². The van der Waals surface area contributed by atoms with Crippen LogP contribution in [-0.4, -0.2) is 52.1 Å². The Morgan fingerprint density at radius 1 is 1.14 bits per heavy atom. The Bertz CT molecular complexity index is 830. The first-order valence-corrected chi connectivity index (χ1v) is 10.2. The fraction of sp³-hybridized carbons (Fsp3) is 0.409. The Morgan fingerprint density at radius 3 is 2.76 bits per heavy atom. The molecule has 0 unspecified atom stereocenters. The molecule has 1 N–H and O–H groups in total. The monoisotopic (exact) mass is 394 g/mol. The molecular formula is C22H26N4O3. The maximum Gasteiger partial charge on any atom is 0.345 e. The SMILES string of the molecule is O=C(NCCCc1ccccn1)[C@@H]1CC[C@@H]2CN1C(=O)N2OCc1ccccc1. The van der Waals surface area contributed by atoms with E-state index in [9.17, 15) is 9.59 Å². The molecule has 2 atom stereocenters. The van der Waals surface area contributed by atoms with Crippen molar-refractivity contribution in [2.45, 2.75) is 44.4 Å². The van der Waals surface area contributed by atoms with Gasteiger partial charge in [0.15, 0.2) is 0 Å². The Hall–Kier alpha value is -2.93. The van der Waals surface area contributed by atoms with Crippen LogP contribution in [0.2, 0.25) is 0 Å². The maximum atomic E-state index is 12.8. The first-order valence-electron chi connectivity index (χ1n) is 10.2. The molecule has 2 aliphatic heterocycles. The lowest BCUT2D eigenvalue weighted by Crippen LogP contribution is -2.50. The van der Waals surface area contributed by atoms with Crippen LogP contribution in [0.25, 0.3) is 0 Å². The molecule has 3 heterocycles. The van der Waals surface area contributed by atoms with Gasteiger partial charge in [0.1, 0.15) is 12.6 Å². The van der Waals surface area contributed by atoms with Crippen molar-refractivity contribution in [2.75, 3.05) is 13.1 Å². The van der Waals surface area contributed by atoms with Crippen LogP contribution in [0.1, 0.15) is 30.5 Å². The van der Waals surface area contributed by atoms with Crippen LogP contribution in [0.5, 0.6) is 0 Å². The van der Waals surface area contributed by atoms with Gasteiger partial charge < -0.3 is 10.2 Å². The van der Waals surface area contributed by atoms with Crippen LogP contribution in [0.15, 0.2) is 54.7 Å². The maximum absolute atomic E-state index is 12.8. The average Bonchev–Trinajstić information content (AvgIpc) is 3.00. The minimum atomic E-state index is -0.418. The van der Waals surface area contributed by atoms with Gasteiger partial charge in [0.05, 0.1) is 6.04 Å². The van der Waals surface area contributed by atoms with Gasteiger partial charge in [0.2, 0.25) is 5.91 Å². The van der Waals surface area contributed by atoms with Crippen LogP contribution in [0.4, 0.5) is 4.79 Å². The third kappa shape index (κ3) is 4.56. The van der Waals surface area contributed by atoms with E-state index in [2.05, 4.69) is 10.3 Å². The fourth-order valence-electron chi connectivity index (χ4n) is 3.93. The summed E-state index contributed by atoms with van der Waals surface area (Å²) in [6, 6.07) is 15.0. The van der Waals surface area contributed by atoms with Gasteiger partial charge in [-0.05, 0) is 43.4 Å². The number of benzene rings is 1. The highest BCUT2D eigenvalue weighted by atomic mass is 16.7. The summed E-state index contributed by atoms with van der Waals surface area (Å²) in [4.78, 5) is 37.2. The lowest BCUT2D eigenvalue weighted by Gasteiger charge is -2.29. The van der Waals surface area contributed by atoms with Gasteiger partial charge in [-0.1, -0.05) is 36.4 Å². The second kappa shape index (κ2) is 9.05. The molecular weight excluding hydrogens is 368 g/mol. The zero-order valence-electron chi connectivity index (χ0n) is 16.4. The number of piperidine rings is 1. The van der Waals surface area contributed by atoms with E-state index in [0.29, 0.717) is 26.1 Å². The van der Waals surface area contributed by atoms with Crippen molar-refractivity contribution in [1.82, 2.24) is 20.3 Å². The molecule has 152 valence electrons. The first-order chi connectivity index (χ1) is 14.2. The number of rotatable bonds is 8. The quantitative estimate of drug-likeness (QED) is 0.698. The fourth-order valence-corrected chi connectivity index (χ4v) is 3.93. The highest BCUT2D eigenvalue weighted by Gasteiger charge is 2.47. The average molecular weight is 394 g/mol. The lowest BCUT2D eigenvalue weighted by molar-refractivity contribution is -0.140. The predicted octanol–water partition coefficient (Wildman–Crippen LogP) is 2.53. The van der Waals surface area contributed by atoms with Crippen molar-refractivity contribution in [2.24, 2.45) is 0 Å². The van der Waals surface area contributed by atoms with E-state index in [1.807, 2.05) is 48.5 Å². The summed E-state index contributed by atoms with van der Waals surface area (Å²) in [6.45, 7) is 1.46. The molecule has 0 spiro atoms. The summed E-state index contributed by atoms with van der Waals surface area (Å²) in [5.74, 6) is -0.0808. The van der Waals surface area contributed by atoms with E-state index in [4.69, 9.17) is 4.84 Å².